The van der Waals surface area contributed by atoms with Crippen LogP contribution < -0.4 is 11.1 Å². The molecule has 0 aliphatic rings. The van der Waals surface area contributed by atoms with Crippen LogP contribution in [0, 0.1) is 18.7 Å². The van der Waals surface area contributed by atoms with Crippen molar-refractivity contribution in [3.8, 4) is 11.1 Å². The van der Waals surface area contributed by atoms with E-state index in [1.165, 1.54) is 6.07 Å². The molecule has 0 saturated heterocycles. The Morgan fingerprint density at radius 3 is 2.71 bits per heavy atom. The Hall–Kier alpha value is -2.66. The molecule has 1 unspecified atom stereocenters. The summed E-state index contributed by atoms with van der Waals surface area (Å²) in [7, 11) is 4.18. The van der Waals surface area contributed by atoms with E-state index in [4.69, 9.17) is 5.73 Å². The van der Waals surface area contributed by atoms with Gasteiger partial charge < -0.3 is 16.0 Å². The van der Waals surface area contributed by atoms with Crippen molar-refractivity contribution >= 4 is 22.3 Å². The van der Waals surface area contributed by atoms with Crippen molar-refractivity contribution < 1.29 is 4.39 Å². The molecule has 4 nitrogen and oxygen atoms in total. The van der Waals surface area contributed by atoms with E-state index < -0.39 is 0 Å². The third-order valence-electron chi connectivity index (χ3n) is 5.00. The van der Waals surface area contributed by atoms with Crippen molar-refractivity contribution in [2.75, 3.05) is 38.2 Å². The van der Waals surface area contributed by atoms with E-state index in [0.717, 1.165) is 47.1 Å². The Morgan fingerprint density at radius 2 is 2.00 bits per heavy atom. The van der Waals surface area contributed by atoms with E-state index in [-0.39, 0.29) is 5.82 Å². The van der Waals surface area contributed by atoms with Crippen LogP contribution >= 0.6 is 0 Å². The van der Waals surface area contributed by atoms with Crippen LogP contribution in [0.15, 0.2) is 42.6 Å². The van der Waals surface area contributed by atoms with Crippen LogP contribution in [0.1, 0.15) is 18.9 Å². The number of hydrogen-bond donors (Lipinski definition) is 2. The minimum Gasteiger partial charge on any atom is -0.385 e. The summed E-state index contributed by atoms with van der Waals surface area (Å²) in [6, 6.07) is 11.0. The second kappa shape index (κ2) is 8.57. The third-order valence-corrected chi connectivity index (χ3v) is 5.00. The maximum absolute atomic E-state index is 14.6. The quantitative estimate of drug-likeness (QED) is 0.610. The number of benzene rings is 2. The molecule has 148 valence electrons. The molecule has 2 aromatic carbocycles. The van der Waals surface area contributed by atoms with Crippen molar-refractivity contribution in [3.05, 3.63) is 54.0 Å². The molecule has 1 heterocycles. The molecular formula is C23H29FN4. The standard InChI is InChI=1S/C23H29FN4/c1-15(14-28(3)4)8-9-26-21-11-17(23-16(2)6-5-7-20(23)24)10-18-13-27-22(25)12-19(18)21/h5-7,10-13,15,26H,8-9,14H2,1-4H3,(H2,25,27). The highest BCUT2D eigenvalue weighted by Gasteiger charge is 2.13. The van der Waals surface area contributed by atoms with Gasteiger partial charge in [0.2, 0.25) is 0 Å². The molecule has 3 N–H and O–H groups in total. The highest BCUT2D eigenvalue weighted by molar-refractivity contribution is 5.98. The summed E-state index contributed by atoms with van der Waals surface area (Å²) in [6.45, 7) is 6.07. The number of aryl methyl sites for hydroxylation is 1. The molecule has 5 heteroatoms. The molecule has 0 spiro atoms. The summed E-state index contributed by atoms with van der Waals surface area (Å²) >= 11 is 0. The van der Waals surface area contributed by atoms with Gasteiger partial charge >= 0.3 is 0 Å². The summed E-state index contributed by atoms with van der Waals surface area (Å²) in [5.74, 6) is 0.845. The average Bonchev–Trinajstić information content (AvgIpc) is 2.61. The lowest BCUT2D eigenvalue weighted by Crippen LogP contribution is -2.21. The minimum atomic E-state index is -0.215. The number of anilines is 2. The molecule has 1 atom stereocenters. The van der Waals surface area contributed by atoms with Crippen LogP contribution in [0.3, 0.4) is 0 Å². The number of halogens is 1. The molecule has 0 radical (unpaired) electrons. The van der Waals surface area contributed by atoms with E-state index in [0.29, 0.717) is 17.3 Å². The van der Waals surface area contributed by atoms with Gasteiger partial charge in [-0.2, -0.15) is 0 Å². The molecule has 1 aromatic heterocycles. The molecular weight excluding hydrogens is 351 g/mol. The molecule has 0 aliphatic carbocycles. The van der Waals surface area contributed by atoms with Crippen molar-refractivity contribution in [1.82, 2.24) is 9.88 Å². The first kappa shape index (κ1) is 20.1. The Kier molecular flexibility index (Phi) is 6.15. The Morgan fingerprint density at radius 1 is 1.21 bits per heavy atom. The summed E-state index contributed by atoms with van der Waals surface area (Å²) < 4.78 is 14.6. The van der Waals surface area contributed by atoms with E-state index >= 15 is 0 Å². The highest BCUT2D eigenvalue weighted by atomic mass is 19.1. The molecule has 0 amide bonds. The molecule has 0 fully saturated rings. The van der Waals surface area contributed by atoms with Gasteiger partial charge in [0, 0.05) is 41.3 Å². The van der Waals surface area contributed by atoms with Crippen molar-refractivity contribution in [2.45, 2.75) is 20.3 Å². The minimum absolute atomic E-state index is 0.215. The average molecular weight is 381 g/mol. The van der Waals surface area contributed by atoms with Crippen molar-refractivity contribution in [3.63, 3.8) is 0 Å². The maximum atomic E-state index is 14.6. The summed E-state index contributed by atoms with van der Waals surface area (Å²) in [4.78, 5) is 6.42. The van der Waals surface area contributed by atoms with Crippen LogP contribution in [0.2, 0.25) is 0 Å². The van der Waals surface area contributed by atoms with Gasteiger partial charge in [0.1, 0.15) is 11.6 Å². The fourth-order valence-electron chi connectivity index (χ4n) is 3.73. The number of nitrogens with one attached hydrogen (secondary N) is 1. The number of hydrogen-bond acceptors (Lipinski definition) is 4. The van der Waals surface area contributed by atoms with Crippen LogP contribution in [0.4, 0.5) is 15.9 Å². The van der Waals surface area contributed by atoms with Crippen LogP contribution in [-0.4, -0.2) is 37.1 Å². The molecule has 3 aromatic rings. The van der Waals surface area contributed by atoms with Gasteiger partial charge in [0.05, 0.1) is 0 Å². The van der Waals surface area contributed by atoms with Crippen LogP contribution in [0.5, 0.6) is 0 Å². The second-order valence-corrected chi connectivity index (χ2v) is 7.87. The first-order chi connectivity index (χ1) is 13.3. The Labute approximate surface area is 166 Å². The monoisotopic (exact) mass is 380 g/mol. The number of aromatic nitrogens is 1. The first-order valence-electron chi connectivity index (χ1n) is 9.68. The zero-order chi connectivity index (χ0) is 20.3. The molecule has 3 rings (SSSR count). The smallest absolute Gasteiger partial charge is 0.131 e. The fraction of sp³-hybridized carbons (Fsp3) is 0.348. The molecule has 0 aliphatic heterocycles. The molecule has 28 heavy (non-hydrogen) atoms. The number of nitrogens with two attached hydrogens (primary N) is 1. The van der Waals surface area contributed by atoms with Gasteiger partial charge in [-0.1, -0.05) is 19.1 Å². The van der Waals surface area contributed by atoms with E-state index in [1.807, 2.05) is 31.2 Å². The predicted octanol–water partition coefficient (Wildman–Crippen LogP) is 4.93. The van der Waals surface area contributed by atoms with Gasteiger partial charge in [-0.05, 0) is 68.8 Å². The number of fused-ring (bicyclic) bond motifs is 1. The van der Waals surface area contributed by atoms with E-state index in [9.17, 15) is 4.39 Å². The van der Waals surface area contributed by atoms with Crippen molar-refractivity contribution in [1.29, 1.82) is 0 Å². The summed E-state index contributed by atoms with van der Waals surface area (Å²) in [5, 5.41) is 5.49. The van der Waals surface area contributed by atoms with Crippen LogP contribution in [0.25, 0.3) is 21.9 Å². The van der Waals surface area contributed by atoms with E-state index in [2.05, 4.69) is 36.2 Å². The summed E-state index contributed by atoms with van der Waals surface area (Å²) in [6.07, 6.45) is 2.80. The van der Waals surface area contributed by atoms with Gasteiger partial charge in [0.15, 0.2) is 0 Å². The summed E-state index contributed by atoms with van der Waals surface area (Å²) in [5.41, 5.74) is 9.26. The largest absolute Gasteiger partial charge is 0.385 e. The third kappa shape index (κ3) is 4.60. The van der Waals surface area contributed by atoms with Gasteiger partial charge in [-0.25, -0.2) is 9.37 Å². The fourth-order valence-corrected chi connectivity index (χ4v) is 3.73. The zero-order valence-electron chi connectivity index (χ0n) is 17.1. The number of pyridine rings is 1. The topological polar surface area (TPSA) is 54.2 Å². The maximum Gasteiger partial charge on any atom is 0.131 e. The zero-order valence-corrected chi connectivity index (χ0v) is 17.1. The highest BCUT2D eigenvalue weighted by Crippen LogP contribution is 2.34. The molecule has 0 saturated carbocycles. The lowest BCUT2D eigenvalue weighted by molar-refractivity contribution is 0.332. The first-order valence-corrected chi connectivity index (χ1v) is 9.68. The van der Waals surface area contributed by atoms with Crippen LogP contribution in [-0.2, 0) is 0 Å². The molecule has 0 bridgehead atoms. The number of nitrogens with zero attached hydrogens (tertiary/aromatic N) is 2. The van der Waals surface area contributed by atoms with E-state index in [1.54, 1.807) is 12.3 Å². The number of rotatable bonds is 7. The second-order valence-electron chi connectivity index (χ2n) is 7.87. The van der Waals surface area contributed by atoms with Gasteiger partial charge in [0.25, 0.3) is 0 Å². The van der Waals surface area contributed by atoms with Crippen molar-refractivity contribution in [2.24, 2.45) is 5.92 Å². The lowest BCUT2D eigenvalue weighted by Gasteiger charge is -2.18. The van der Waals surface area contributed by atoms with Gasteiger partial charge in [-0.3, -0.25) is 0 Å². The Bertz CT molecular complexity index is 948. The SMILES string of the molecule is Cc1cccc(F)c1-c1cc(NCCC(C)CN(C)C)c2cc(N)ncc2c1. The normalized spacial score (nSPS) is 12.5. The Balaban J connectivity index is 1.96. The predicted molar refractivity (Wildman–Crippen MR) is 117 cm³/mol. The van der Waals surface area contributed by atoms with Gasteiger partial charge in [-0.15, -0.1) is 0 Å². The number of nitrogen functional groups attached to an aromatic ring is 1. The lowest BCUT2D eigenvalue weighted by atomic mass is 9.96.